The first-order chi connectivity index (χ1) is 10.1. The highest BCUT2D eigenvalue weighted by atomic mass is 16.4. The second-order valence-electron chi connectivity index (χ2n) is 4.88. The van der Waals surface area contributed by atoms with Gasteiger partial charge in [-0.2, -0.15) is 0 Å². The van der Waals surface area contributed by atoms with E-state index in [1.54, 1.807) is 12.1 Å². The van der Waals surface area contributed by atoms with Crippen molar-refractivity contribution in [2.24, 2.45) is 0 Å². The number of rotatable bonds is 5. The monoisotopic (exact) mass is 283 g/mol. The molecule has 4 nitrogen and oxygen atoms in total. The number of carbonyl (C=O) groups is 2. The summed E-state index contributed by atoms with van der Waals surface area (Å²) in [6.07, 6.45) is 0.416. The summed E-state index contributed by atoms with van der Waals surface area (Å²) >= 11 is 0. The van der Waals surface area contributed by atoms with E-state index >= 15 is 0 Å². The summed E-state index contributed by atoms with van der Waals surface area (Å²) in [5.41, 5.74) is 2.41. The fourth-order valence-electron chi connectivity index (χ4n) is 2.20. The van der Waals surface area contributed by atoms with Gasteiger partial charge in [0.15, 0.2) is 0 Å². The van der Waals surface area contributed by atoms with Crippen LogP contribution in [0.3, 0.4) is 0 Å². The van der Waals surface area contributed by atoms with Crippen LogP contribution in [0.1, 0.15) is 24.0 Å². The predicted octanol–water partition coefficient (Wildman–Crippen LogP) is 3.06. The normalized spacial score (nSPS) is 11.7. The number of carboxylic acids is 1. The van der Waals surface area contributed by atoms with E-state index in [1.807, 2.05) is 42.5 Å². The molecular weight excluding hydrogens is 266 g/mol. The lowest BCUT2D eigenvalue weighted by atomic mass is 9.92. The Morgan fingerprint density at radius 3 is 2.19 bits per heavy atom. The van der Waals surface area contributed by atoms with E-state index in [1.165, 1.54) is 6.92 Å². The maximum absolute atomic E-state index is 11.5. The van der Waals surface area contributed by atoms with Crippen molar-refractivity contribution < 1.29 is 14.7 Å². The maximum Gasteiger partial charge on any atom is 0.311 e. The van der Waals surface area contributed by atoms with Crippen LogP contribution in [-0.4, -0.2) is 17.0 Å². The van der Waals surface area contributed by atoms with E-state index in [4.69, 9.17) is 0 Å². The van der Waals surface area contributed by atoms with Crippen molar-refractivity contribution in [3.63, 3.8) is 0 Å². The number of benzene rings is 2. The Balaban J connectivity index is 2.14. The highest BCUT2D eigenvalue weighted by Crippen LogP contribution is 2.22. The fraction of sp³-hybridized carbons (Fsp3) is 0.176. The molecule has 2 aromatic carbocycles. The minimum absolute atomic E-state index is 0.129. The molecule has 0 aliphatic carbocycles. The largest absolute Gasteiger partial charge is 0.481 e. The van der Waals surface area contributed by atoms with Crippen molar-refractivity contribution in [3.8, 4) is 0 Å². The van der Waals surface area contributed by atoms with Crippen molar-refractivity contribution in [1.29, 1.82) is 0 Å². The first-order valence-electron chi connectivity index (χ1n) is 6.70. The number of amides is 1. The van der Waals surface area contributed by atoms with Crippen LogP contribution in [-0.2, 0) is 16.0 Å². The molecule has 0 saturated carbocycles. The predicted molar refractivity (Wildman–Crippen MR) is 81.3 cm³/mol. The Labute approximate surface area is 123 Å². The van der Waals surface area contributed by atoms with Crippen LogP contribution in [0, 0.1) is 0 Å². The summed E-state index contributed by atoms with van der Waals surface area (Å²) in [4.78, 5) is 22.4. The number of carboxylic acid groups (broad SMARTS) is 1. The molecule has 0 heterocycles. The van der Waals surface area contributed by atoms with E-state index in [0.717, 1.165) is 11.1 Å². The third kappa shape index (κ3) is 4.18. The van der Waals surface area contributed by atoms with Crippen molar-refractivity contribution >= 4 is 17.6 Å². The smallest absolute Gasteiger partial charge is 0.311 e. The summed E-state index contributed by atoms with van der Waals surface area (Å²) in [5.74, 6) is -1.54. The molecule has 1 atom stereocenters. The van der Waals surface area contributed by atoms with Crippen LogP contribution in [0.15, 0.2) is 54.6 Å². The van der Waals surface area contributed by atoms with Gasteiger partial charge in [0, 0.05) is 12.6 Å². The standard InChI is InChI=1S/C17H17NO3/c1-12(19)18-15-9-7-13(8-10-15)11-16(17(20)21)14-5-3-2-4-6-14/h2-10,16H,11H2,1H3,(H,18,19)(H,20,21)/t16-/m1/s1. The van der Waals surface area contributed by atoms with Gasteiger partial charge in [0.1, 0.15) is 0 Å². The zero-order chi connectivity index (χ0) is 15.2. The zero-order valence-corrected chi connectivity index (χ0v) is 11.7. The maximum atomic E-state index is 11.5. The number of hydrogen-bond acceptors (Lipinski definition) is 2. The van der Waals surface area contributed by atoms with E-state index in [-0.39, 0.29) is 5.91 Å². The molecule has 2 N–H and O–H groups in total. The van der Waals surface area contributed by atoms with Gasteiger partial charge in [-0.1, -0.05) is 42.5 Å². The second kappa shape index (κ2) is 6.70. The van der Waals surface area contributed by atoms with Gasteiger partial charge in [0.2, 0.25) is 5.91 Å². The molecule has 0 unspecified atom stereocenters. The van der Waals surface area contributed by atoms with Gasteiger partial charge in [-0.05, 0) is 29.7 Å². The van der Waals surface area contributed by atoms with Gasteiger partial charge >= 0.3 is 5.97 Å². The minimum atomic E-state index is -0.841. The number of hydrogen-bond donors (Lipinski definition) is 2. The Morgan fingerprint density at radius 2 is 1.67 bits per heavy atom. The van der Waals surface area contributed by atoms with E-state index in [9.17, 15) is 14.7 Å². The Kier molecular flexibility index (Phi) is 4.72. The van der Waals surface area contributed by atoms with Gasteiger partial charge in [0.25, 0.3) is 0 Å². The summed E-state index contributed by atoms with van der Waals surface area (Å²) in [7, 11) is 0. The molecule has 1 amide bonds. The number of nitrogens with one attached hydrogen (secondary N) is 1. The molecule has 0 saturated heterocycles. The molecule has 4 heteroatoms. The summed E-state index contributed by atoms with van der Waals surface area (Å²) in [6, 6.07) is 16.4. The highest BCUT2D eigenvalue weighted by molar-refractivity contribution is 5.88. The van der Waals surface area contributed by atoms with Crippen molar-refractivity contribution in [3.05, 3.63) is 65.7 Å². The lowest BCUT2D eigenvalue weighted by Gasteiger charge is -2.13. The van der Waals surface area contributed by atoms with Crippen molar-refractivity contribution in [1.82, 2.24) is 0 Å². The van der Waals surface area contributed by atoms with Gasteiger partial charge in [-0.25, -0.2) is 0 Å². The third-order valence-corrected chi connectivity index (χ3v) is 3.21. The van der Waals surface area contributed by atoms with Crippen LogP contribution in [0.25, 0.3) is 0 Å². The SMILES string of the molecule is CC(=O)Nc1ccc(C[C@@H](C(=O)O)c2ccccc2)cc1. The first kappa shape index (κ1) is 14.8. The minimum Gasteiger partial charge on any atom is -0.481 e. The van der Waals surface area contributed by atoms with Gasteiger partial charge in [-0.15, -0.1) is 0 Å². The summed E-state index contributed by atoms with van der Waals surface area (Å²) in [6.45, 7) is 1.45. The Bertz CT molecular complexity index is 620. The number of anilines is 1. The molecular formula is C17H17NO3. The van der Waals surface area contributed by atoms with Crippen LogP contribution >= 0.6 is 0 Å². The molecule has 21 heavy (non-hydrogen) atoms. The average molecular weight is 283 g/mol. The molecule has 108 valence electrons. The average Bonchev–Trinajstić information content (AvgIpc) is 2.46. The molecule has 0 fully saturated rings. The molecule has 0 bridgehead atoms. The molecule has 2 aromatic rings. The molecule has 0 aliphatic rings. The van der Waals surface area contributed by atoms with E-state index in [0.29, 0.717) is 12.1 Å². The fourth-order valence-corrected chi connectivity index (χ4v) is 2.20. The lowest BCUT2D eigenvalue weighted by molar-refractivity contribution is -0.138. The van der Waals surface area contributed by atoms with Crippen LogP contribution in [0.4, 0.5) is 5.69 Å². The highest BCUT2D eigenvalue weighted by Gasteiger charge is 2.19. The summed E-state index contributed by atoms with van der Waals surface area (Å²) in [5, 5.41) is 12.1. The Morgan fingerprint density at radius 1 is 1.05 bits per heavy atom. The van der Waals surface area contributed by atoms with E-state index in [2.05, 4.69) is 5.32 Å². The second-order valence-corrected chi connectivity index (χ2v) is 4.88. The molecule has 0 spiro atoms. The van der Waals surface area contributed by atoms with Crippen molar-refractivity contribution in [2.75, 3.05) is 5.32 Å². The topological polar surface area (TPSA) is 66.4 Å². The van der Waals surface area contributed by atoms with Gasteiger partial charge < -0.3 is 10.4 Å². The molecule has 0 aromatic heterocycles. The Hall–Kier alpha value is -2.62. The van der Waals surface area contributed by atoms with Crippen LogP contribution in [0.5, 0.6) is 0 Å². The number of carbonyl (C=O) groups excluding carboxylic acids is 1. The van der Waals surface area contributed by atoms with Crippen molar-refractivity contribution in [2.45, 2.75) is 19.3 Å². The zero-order valence-electron chi connectivity index (χ0n) is 11.7. The molecule has 0 radical (unpaired) electrons. The van der Waals surface area contributed by atoms with Gasteiger partial charge in [-0.3, -0.25) is 9.59 Å². The quantitative estimate of drug-likeness (QED) is 0.886. The van der Waals surface area contributed by atoms with Crippen LogP contribution in [0.2, 0.25) is 0 Å². The lowest BCUT2D eigenvalue weighted by Crippen LogP contribution is -2.14. The molecule has 2 rings (SSSR count). The van der Waals surface area contributed by atoms with E-state index < -0.39 is 11.9 Å². The third-order valence-electron chi connectivity index (χ3n) is 3.21. The summed E-state index contributed by atoms with van der Waals surface area (Å²) < 4.78 is 0. The van der Waals surface area contributed by atoms with Crippen LogP contribution < -0.4 is 5.32 Å². The van der Waals surface area contributed by atoms with Gasteiger partial charge in [0.05, 0.1) is 5.92 Å². The molecule has 0 aliphatic heterocycles. The first-order valence-corrected chi connectivity index (χ1v) is 6.70. The number of aliphatic carboxylic acids is 1.